The second kappa shape index (κ2) is 6.58. The molecule has 1 saturated heterocycles. The fourth-order valence-electron chi connectivity index (χ4n) is 3.51. The first-order chi connectivity index (χ1) is 12.1. The van der Waals surface area contributed by atoms with Crippen molar-refractivity contribution in [3.8, 4) is 0 Å². The number of hydrogen-bond donors (Lipinski definition) is 1. The van der Waals surface area contributed by atoms with Gasteiger partial charge in [0, 0.05) is 30.8 Å². The summed E-state index contributed by atoms with van der Waals surface area (Å²) in [7, 11) is 0. The van der Waals surface area contributed by atoms with E-state index in [9.17, 15) is 9.18 Å². The normalized spacial score (nSPS) is 23.2. The minimum absolute atomic E-state index is 0.0479. The van der Waals surface area contributed by atoms with Crippen molar-refractivity contribution in [3.63, 3.8) is 0 Å². The zero-order valence-corrected chi connectivity index (χ0v) is 14.4. The first-order valence-corrected chi connectivity index (χ1v) is 8.95. The van der Waals surface area contributed by atoms with Crippen molar-refractivity contribution in [1.29, 1.82) is 0 Å². The number of aromatic nitrogens is 3. The predicted molar refractivity (Wildman–Crippen MR) is 92.0 cm³/mol. The van der Waals surface area contributed by atoms with E-state index in [4.69, 9.17) is 0 Å². The molecule has 1 aliphatic carbocycles. The highest BCUT2D eigenvalue weighted by Gasteiger charge is 2.39. The van der Waals surface area contributed by atoms with Crippen LogP contribution in [0.2, 0.25) is 0 Å². The Kier molecular flexibility index (Phi) is 4.27. The number of aromatic amines is 1. The zero-order chi connectivity index (χ0) is 17.4. The van der Waals surface area contributed by atoms with Gasteiger partial charge in [0.15, 0.2) is 5.82 Å². The van der Waals surface area contributed by atoms with E-state index < -0.39 is 6.67 Å². The van der Waals surface area contributed by atoms with Crippen LogP contribution in [0.1, 0.15) is 47.5 Å². The second-order valence-electron chi connectivity index (χ2n) is 7.34. The molecule has 132 valence electrons. The van der Waals surface area contributed by atoms with Gasteiger partial charge in [0.2, 0.25) is 5.91 Å². The van der Waals surface area contributed by atoms with Crippen LogP contribution in [-0.4, -0.2) is 45.8 Å². The highest BCUT2D eigenvalue weighted by molar-refractivity contribution is 5.79. The number of hydrogen-bond acceptors (Lipinski definition) is 3. The van der Waals surface area contributed by atoms with Crippen molar-refractivity contribution in [1.82, 2.24) is 20.1 Å². The zero-order valence-electron chi connectivity index (χ0n) is 14.4. The number of nitrogens with zero attached hydrogens (tertiary/aromatic N) is 3. The van der Waals surface area contributed by atoms with E-state index in [1.54, 1.807) is 4.90 Å². The van der Waals surface area contributed by atoms with Crippen LogP contribution < -0.4 is 0 Å². The molecule has 6 heteroatoms. The lowest BCUT2D eigenvalue weighted by molar-refractivity contribution is -0.129. The number of amides is 1. The first-order valence-electron chi connectivity index (χ1n) is 8.95. The Bertz CT molecular complexity index is 753. The summed E-state index contributed by atoms with van der Waals surface area (Å²) in [5.74, 6) is 1.79. The molecular weight excluding hydrogens is 319 g/mol. The van der Waals surface area contributed by atoms with Crippen LogP contribution in [0.15, 0.2) is 24.3 Å². The lowest BCUT2D eigenvalue weighted by atomic mass is 9.97. The number of rotatable bonds is 5. The average molecular weight is 342 g/mol. The molecule has 1 aromatic heterocycles. The minimum Gasteiger partial charge on any atom is -0.341 e. The molecule has 1 saturated carbocycles. The van der Waals surface area contributed by atoms with Gasteiger partial charge in [0.25, 0.3) is 0 Å². The van der Waals surface area contributed by atoms with Gasteiger partial charge in [-0.05, 0) is 25.3 Å². The summed E-state index contributed by atoms with van der Waals surface area (Å²) in [4.78, 5) is 19.0. The topological polar surface area (TPSA) is 61.9 Å². The summed E-state index contributed by atoms with van der Waals surface area (Å²) in [6.45, 7) is 2.54. The third-order valence-corrected chi connectivity index (χ3v) is 5.28. The van der Waals surface area contributed by atoms with Gasteiger partial charge in [-0.3, -0.25) is 14.3 Å². The monoisotopic (exact) mass is 342 g/mol. The van der Waals surface area contributed by atoms with Gasteiger partial charge in [-0.25, -0.2) is 4.98 Å². The van der Waals surface area contributed by atoms with Crippen molar-refractivity contribution < 1.29 is 9.18 Å². The largest absolute Gasteiger partial charge is 0.341 e. The standard InChI is InChI=1S/C19H23FN4O/c1-12-2-4-13(5-3-12)8-17(25)24-10-15(9-20)16(11-24)19-21-18(22-23-19)14-6-7-14/h2-5,14-16H,6-11H2,1H3,(H,21,22,23)/t15-,16-/m1/s1. The van der Waals surface area contributed by atoms with E-state index in [1.807, 2.05) is 31.2 Å². The van der Waals surface area contributed by atoms with Gasteiger partial charge in [-0.2, -0.15) is 5.10 Å². The third kappa shape index (κ3) is 3.43. The molecule has 1 aliphatic heterocycles. The smallest absolute Gasteiger partial charge is 0.227 e. The Hall–Kier alpha value is -2.24. The third-order valence-electron chi connectivity index (χ3n) is 5.28. The molecule has 0 spiro atoms. The number of carbonyl (C=O) groups excluding carboxylic acids is 1. The summed E-state index contributed by atoms with van der Waals surface area (Å²) in [6, 6.07) is 7.97. The Labute approximate surface area is 146 Å². The van der Waals surface area contributed by atoms with Crippen molar-refractivity contribution in [2.24, 2.45) is 5.92 Å². The molecular formula is C19H23FN4O. The molecule has 2 heterocycles. The lowest BCUT2D eigenvalue weighted by Gasteiger charge is -2.16. The van der Waals surface area contributed by atoms with Crippen LogP contribution in [0, 0.1) is 12.8 Å². The maximum absolute atomic E-state index is 13.5. The van der Waals surface area contributed by atoms with Gasteiger partial charge in [0.1, 0.15) is 5.82 Å². The van der Waals surface area contributed by atoms with Gasteiger partial charge in [-0.15, -0.1) is 0 Å². The van der Waals surface area contributed by atoms with Crippen LogP contribution in [0.25, 0.3) is 0 Å². The highest BCUT2D eigenvalue weighted by atomic mass is 19.1. The number of benzene rings is 1. The number of nitrogens with one attached hydrogen (secondary N) is 1. The molecule has 0 radical (unpaired) electrons. The highest BCUT2D eigenvalue weighted by Crippen LogP contribution is 2.39. The summed E-state index contributed by atoms with van der Waals surface area (Å²) >= 11 is 0. The molecule has 5 nitrogen and oxygen atoms in total. The van der Waals surface area contributed by atoms with E-state index >= 15 is 0 Å². The van der Waals surface area contributed by atoms with Crippen LogP contribution >= 0.6 is 0 Å². The molecule has 25 heavy (non-hydrogen) atoms. The first kappa shape index (κ1) is 16.2. The van der Waals surface area contributed by atoms with E-state index in [0.29, 0.717) is 25.4 Å². The number of alkyl halides is 1. The van der Waals surface area contributed by atoms with Crippen LogP contribution in [0.3, 0.4) is 0 Å². The van der Waals surface area contributed by atoms with Crippen LogP contribution in [0.5, 0.6) is 0 Å². The van der Waals surface area contributed by atoms with E-state index in [2.05, 4.69) is 15.2 Å². The van der Waals surface area contributed by atoms with Gasteiger partial charge in [0.05, 0.1) is 13.1 Å². The van der Waals surface area contributed by atoms with Gasteiger partial charge in [-0.1, -0.05) is 29.8 Å². The number of H-pyrrole nitrogens is 1. The number of carbonyl (C=O) groups is 1. The van der Waals surface area contributed by atoms with Crippen LogP contribution in [0.4, 0.5) is 4.39 Å². The molecule has 2 fully saturated rings. The summed E-state index contributed by atoms with van der Waals surface area (Å²) in [6.07, 6.45) is 2.63. The maximum Gasteiger partial charge on any atom is 0.227 e. The molecule has 4 rings (SSSR count). The van der Waals surface area contributed by atoms with Crippen molar-refractivity contribution >= 4 is 5.91 Å². The van der Waals surface area contributed by atoms with Gasteiger partial charge < -0.3 is 4.90 Å². The van der Waals surface area contributed by atoms with E-state index in [1.165, 1.54) is 5.56 Å². The summed E-state index contributed by atoms with van der Waals surface area (Å²) in [5, 5.41) is 7.26. The SMILES string of the molecule is Cc1ccc(CC(=O)N2C[C@@H](CF)[C@H](c3nc(C4CC4)n[nH]3)C2)cc1. The predicted octanol–water partition coefficient (Wildman–Crippen LogP) is 2.74. The average Bonchev–Trinajstić information content (AvgIpc) is 3.19. The van der Waals surface area contributed by atoms with Crippen molar-refractivity contribution in [2.75, 3.05) is 19.8 Å². The molecule has 1 N–H and O–H groups in total. The quantitative estimate of drug-likeness (QED) is 0.909. The Morgan fingerprint density at radius 2 is 2.04 bits per heavy atom. The molecule has 0 unspecified atom stereocenters. The number of halogens is 1. The van der Waals surface area contributed by atoms with Crippen molar-refractivity contribution in [3.05, 3.63) is 47.0 Å². The lowest BCUT2D eigenvalue weighted by Crippen LogP contribution is -2.30. The number of likely N-dealkylation sites (tertiary alicyclic amines) is 1. The fraction of sp³-hybridized carbons (Fsp3) is 0.526. The minimum atomic E-state index is -0.446. The fourth-order valence-corrected chi connectivity index (χ4v) is 3.51. The Morgan fingerprint density at radius 3 is 2.72 bits per heavy atom. The maximum atomic E-state index is 13.5. The molecule has 2 atom stereocenters. The molecule has 2 aromatic rings. The molecule has 0 bridgehead atoms. The second-order valence-corrected chi connectivity index (χ2v) is 7.34. The van der Waals surface area contributed by atoms with Gasteiger partial charge >= 0.3 is 0 Å². The molecule has 1 amide bonds. The van der Waals surface area contributed by atoms with Crippen molar-refractivity contribution in [2.45, 2.75) is 38.0 Å². The summed E-state index contributed by atoms with van der Waals surface area (Å²) < 4.78 is 13.5. The van der Waals surface area contributed by atoms with E-state index in [0.717, 1.165) is 30.1 Å². The summed E-state index contributed by atoms with van der Waals surface area (Å²) in [5.41, 5.74) is 2.17. The Morgan fingerprint density at radius 1 is 1.28 bits per heavy atom. The van der Waals surface area contributed by atoms with Crippen LogP contribution in [-0.2, 0) is 11.2 Å². The Balaban J connectivity index is 1.44. The molecule has 1 aromatic carbocycles. The molecule has 2 aliphatic rings. The van der Waals surface area contributed by atoms with E-state index in [-0.39, 0.29) is 17.7 Å². The number of aryl methyl sites for hydroxylation is 1.